The van der Waals surface area contributed by atoms with Crippen molar-refractivity contribution in [2.45, 2.75) is 39.6 Å². The molecule has 0 bridgehead atoms. The summed E-state index contributed by atoms with van der Waals surface area (Å²) in [5.41, 5.74) is 2.51. The van der Waals surface area contributed by atoms with E-state index in [4.69, 9.17) is 4.74 Å². The quantitative estimate of drug-likeness (QED) is 0.319. The standard InChI is InChI=1S/C21H23FO4S.C2H6.C2H4/c1-4-7-17-16(5-2)20(23)18-9-8-14(10-19(18)21(17)24)12-27-13-15(11-26-22)25-6-3;2*1-2/h4-5,7-10,15H,1,6,11-13H2,2-3H3;1-2H3;1-2H2/b16-5+,17-7+;;. The van der Waals surface area contributed by atoms with Crippen LogP contribution in [0.25, 0.3) is 0 Å². The van der Waals surface area contributed by atoms with Crippen molar-refractivity contribution in [1.29, 1.82) is 0 Å². The average Bonchev–Trinajstić information content (AvgIpc) is 2.80. The molecule has 1 aliphatic carbocycles. The molecule has 4 nitrogen and oxygen atoms in total. The van der Waals surface area contributed by atoms with Crippen molar-refractivity contribution < 1.29 is 23.8 Å². The lowest BCUT2D eigenvalue weighted by Gasteiger charge is -2.20. The van der Waals surface area contributed by atoms with Crippen molar-refractivity contribution in [2.75, 3.05) is 19.0 Å². The molecule has 0 aliphatic heterocycles. The van der Waals surface area contributed by atoms with Crippen molar-refractivity contribution in [2.24, 2.45) is 0 Å². The number of Topliss-reactive ketones (excluding diaryl/α,β-unsaturated/α-hetero) is 2. The number of halogens is 1. The van der Waals surface area contributed by atoms with E-state index in [-0.39, 0.29) is 24.3 Å². The van der Waals surface area contributed by atoms with Crippen LogP contribution >= 0.6 is 11.8 Å². The molecule has 1 aromatic rings. The highest BCUT2D eigenvalue weighted by Gasteiger charge is 2.31. The van der Waals surface area contributed by atoms with Crippen LogP contribution in [0.1, 0.15) is 54.0 Å². The fourth-order valence-electron chi connectivity index (χ4n) is 2.93. The second-order valence-electron chi connectivity index (χ2n) is 5.92. The zero-order chi connectivity index (χ0) is 23.8. The first-order valence-corrected chi connectivity index (χ1v) is 11.4. The first-order chi connectivity index (χ1) is 15.1. The molecule has 0 N–H and O–H groups in total. The molecule has 1 unspecified atom stereocenters. The molecule has 1 aromatic carbocycles. The Morgan fingerprint density at radius 3 is 2.32 bits per heavy atom. The molecule has 0 fully saturated rings. The van der Waals surface area contributed by atoms with Gasteiger partial charge >= 0.3 is 0 Å². The van der Waals surface area contributed by atoms with E-state index >= 15 is 0 Å². The van der Waals surface area contributed by atoms with Crippen LogP contribution in [0.5, 0.6) is 0 Å². The summed E-state index contributed by atoms with van der Waals surface area (Å²) in [6.45, 7) is 17.6. The highest BCUT2D eigenvalue weighted by atomic mass is 32.2. The molecule has 170 valence electrons. The Bertz CT molecular complexity index is 793. The van der Waals surface area contributed by atoms with Gasteiger partial charge in [-0.15, -0.1) is 13.2 Å². The minimum absolute atomic E-state index is 0.111. The zero-order valence-electron chi connectivity index (χ0n) is 18.9. The summed E-state index contributed by atoms with van der Waals surface area (Å²) in [4.78, 5) is 29.2. The largest absolute Gasteiger partial charge is 0.375 e. The van der Waals surface area contributed by atoms with Gasteiger partial charge in [-0.1, -0.05) is 44.7 Å². The van der Waals surface area contributed by atoms with Crippen molar-refractivity contribution >= 4 is 23.3 Å². The number of carbonyl (C=O) groups is 2. The van der Waals surface area contributed by atoms with Gasteiger partial charge in [0, 0.05) is 40.4 Å². The van der Waals surface area contributed by atoms with Gasteiger partial charge in [-0.2, -0.15) is 16.7 Å². The van der Waals surface area contributed by atoms with E-state index in [2.05, 4.69) is 24.7 Å². The Kier molecular flexibility index (Phi) is 15.2. The van der Waals surface area contributed by atoms with Crippen molar-refractivity contribution in [3.8, 4) is 0 Å². The summed E-state index contributed by atoms with van der Waals surface area (Å²) in [6.07, 6.45) is 4.41. The summed E-state index contributed by atoms with van der Waals surface area (Å²) in [5, 5.41) is 0. The van der Waals surface area contributed by atoms with E-state index in [0.717, 1.165) is 5.56 Å². The predicted octanol–water partition coefficient (Wildman–Crippen LogP) is 6.49. The maximum atomic E-state index is 12.8. The average molecular weight is 449 g/mol. The van der Waals surface area contributed by atoms with Gasteiger partial charge in [0.1, 0.15) is 6.61 Å². The summed E-state index contributed by atoms with van der Waals surface area (Å²) >= 11 is 1.55. The summed E-state index contributed by atoms with van der Waals surface area (Å²) in [6, 6.07) is 5.30. The number of carbonyl (C=O) groups excluding carboxylic acids is 2. The highest BCUT2D eigenvalue weighted by molar-refractivity contribution is 7.98. The molecular weight excluding hydrogens is 415 g/mol. The second kappa shape index (κ2) is 16.4. The van der Waals surface area contributed by atoms with Gasteiger partial charge in [-0.05, 0) is 36.1 Å². The monoisotopic (exact) mass is 448 g/mol. The molecule has 1 atom stereocenters. The zero-order valence-corrected chi connectivity index (χ0v) is 19.7. The second-order valence-corrected chi connectivity index (χ2v) is 6.96. The van der Waals surface area contributed by atoms with Gasteiger partial charge in [-0.3, -0.25) is 9.59 Å². The van der Waals surface area contributed by atoms with E-state index in [1.165, 1.54) is 6.08 Å². The highest BCUT2D eigenvalue weighted by Crippen LogP contribution is 2.31. The lowest BCUT2D eigenvalue weighted by Crippen LogP contribution is -2.23. The van der Waals surface area contributed by atoms with Gasteiger partial charge in [0.2, 0.25) is 0 Å². The fourth-order valence-corrected chi connectivity index (χ4v) is 3.92. The lowest BCUT2D eigenvalue weighted by molar-refractivity contribution is -0.161. The number of hydrogen-bond donors (Lipinski definition) is 0. The molecule has 0 spiro atoms. The normalized spacial score (nSPS) is 16.0. The Balaban J connectivity index is 0.00000212. The van der Waals surface area contributed by atoms with E-state index < -0.39 is 0 Å². The third-order valence-electron chi connectivity index (χ3n) is 4.15. The van der Waals surface area contributed by atoms with Crippen LogP contribution in [-0.4, -0.2) is 36.6 Å². The van der Waals surface area contributed by atoms with Gasteiger partial charge in [-0.25, -0.2) is 0 Å². The number of ether oxygens (including phenoxy) is 1. The number of rotatable bonds is 9. The molecule has 0 saturated heterocycles. The fraction of sp³-hybridized carbons (Fsp3) is 0.360. The van der Waals surface area contributed by atoms with Crippen LogP contribution in [0.4, 0.5) is 4.53 Å². The Morgan fingerprint density at radius 1 is 1.13 bits per heavy atom. The molecule has 6 heteroatoms. The molecule has 0 heterocycles. The topological polar surface area (TPSA) is 52.6 Å². The Hall–Kier alpha value is -2.28. The van der Waals surface area contributed by atoms with E-state index in [9.17, 15) is 14.1 Å². The molecule has 1 aliphatic rings. The number of benzene rings is 1. The molecular formula is C25H33FO4S. The maximum absolute atomic E-state index is 12.8. The van der Waals surface area contributed by atoms with Crippen LogP contribution in [0.2, 0.25) is 0 Å². The summed E-state index contributed by atoms with van der Waals surface area (Å²) in [7, 11) is 0. The number of thioether (sulfide) groups is 1. The molecule has 0 aromatic heterocycles. The minimum atomic E-state index is -0.329. The van der Waals surface area contributed by atoms with E-state index in [1.807, 2.05) is 26.8 Å². The first-order valence-electron chi connectivity index (χ1n) is 10.2. The summed E-state index contributed by atoms with van der Waals surface area (Å²) < 4.78 is 17.5. The molecule has 0 radical (unpaired) electrons. The predicted molar refractivity (Wildman–Crippen MR) is 128 cm³/mol. The minimum Gasteiger partial charge on any atom is -0.375 e. The SMILES string of the molecule is C=C.C=C/C=C1/C(=O)c2cc(CSCC(COF)OCC)ccc2C(=O)/C1=C/C.CC. The van der Waals surface area contributed by atoms with E-state index in [1.54, 1.807) is 43.0 Å². The Labute approximate surface area is 189 Å². The molecule has 0 amide bonds. The lowest BCUT2D eigenvalue weighted by atomic mass is 9.81. The number of allylic oxidation sites excluding steroid dienone is 5. The van der Waals surface area contributed by atoms with Crippen LogP contribution in [0.3, 0.4) is 0 Å². The van der Waals surface area contributed by atoms with E-state index in [0.29, 0.717) is 40.4 Å². The van der Waals surface area contributed by atoms with Crippen molar-refractivity contribution in [1.82, 2.24) is 0 Å². The number of fused-ring (bicyclic) bond motifs is 1. The Morgan fingerprint density at radius 2 is 1.77 bits per heavy atom. The van der Waals surface area contributed by atoms with Gasteiger partial charge < -0.3 is 4.74 Å². The van der Waals surface area contributed by atoms with Crippen LogP contribution in [-0.2, 0) is 15.4 Å². The van der Waals surface area contributed by atoms with Crippen molar-refractivity contribution in [3.63, 3.8) is 0 Å². The third-order valence-corrected chi connectivity index (χ3v) is 5.29. The summed E-state index contributed by atoms with van der Waals surface area (Å²) in [5.74, 6) is 0.839. The smallest absolute Gasteiger partial charge is 0.194 e. The van der Waals surface area contributed by atoms with Crippen LogP contribution in [0.15, 0.2) is 67.3 Å². The maximum Gasteiger partial charge on any atom is 0.194 e. The molecule has 31 heavy (non-hydrogen) atoms. The molecule has 0 saturated carbocycles. The van der Waals surface area contributed by atoms with Gasteiger partial charge in [0.25, 0.3) is 0 Å². The third kappa shape index (κ3) is 8.05. The first kappa shape index (κ1) is 28.7. The van der Waals surface area contributed by atoms with Crippen molar-refractivity contribution in [3.05, 3.63) is 84.0 Å². The van der Waals surface area contributed by atoms with Crippen LogP contribution in [0, 0.1) is 0 Å². The van der Waals surface area contributed by atoms with Gasteiger partial charge in [0.05, 0.1) is 6.10 Å². The van der Waals surface area contributed by atoms with Gasteiger partial charge in [0.15, 0.2) is 11.6 Å². The van der Waals surface area contributed by atoms with Crippen LogP contribution < -0.4 is 0 Å². The number of ketones is 2. The molecule has 2 rings (SSSR count). The number of hydrogen-bond acceptors (Lipinski definition) is 5.